The zero-order chi connectivity index (χ0) is 12.8. The normalized spacial score (nSPS) is 9.12. The fourth-order valence-electron chi connectivity index (χ4n) is 1.21. The van der Waals surface area contributed by atoms with Crippen molar-refractivity contribution in [2.75, 3.05) is 12.9 Å². The summed E-state index contributed by atoms with van der Waals surface area (Å²) in [5.74, 6) is -0.509. The highest BCUT2D eigenvalue weighted by Gasteiger charge is 2.18. The van der Waals surface area contributed by atoms with E-state index in [2.05, 4.69) is 4.98 Å². The molecule has 7 heteroatoms. The third-order valence-electron chi connectivity index (χ3n) is 1.93. The van der Waals surface area contributed by atoms with Crippen LogP contribution in [0.3, 0.4) is 0 Å². The Kier molecular flexibility index (Phi) is 4.32. The topological polar surface area (TPSA) is 107 Å². The number of nitrogens with one attached hydrogen (secondary N) is 1. The highest BCUT2D eigenvalue weighted by atomic mass is 32.2. The summed E-state index contributed by atoms with van der Waals surface area (Å²) >= 11 is 0.773. The number of aromatic nitrogens is 1. The van der Waals surface area contributed by atoms with E-state index in [1.54, 1.807) is 11.5 Å². The molecule has 0 radical (unpaired) electrons. The van der Waals surface area contributed by atoms with Crippen LogP contribution in [-0.4, -0.2) is 23.6 Å². The molecule has 1 aromatic heterocycles. The van der Waals surface area contributed by atoms with Crippen molar-refractivity contribution in [1.29, 1.82) is 10.5 Å². The van der Waals surface area contributed by atoms with Gasteiger partial charge in [-0.3, -0.25) is 9.59 Å². The number of nitriles is 2. The van der Waals surface area contributed by atoms with Crippen molar-refractivity contribution in [2.24, 2.45) is 0 Å². The maximum atomic E-state index is 11.7. The molecule has 0 aliphatic carbocycles. The highest BCUT2D eigenvalue weighted by molar-refractivity contribution is 8.04. The number of aromatic amines is 1. The van der Waals surface area contributed by atoms with Crippen LogP contribution in [0.15, 0.2) is 11.0 Å². The Morgan fingerprint density at radius 2 is 2.29 bits per heavy atom. The number of rotatable bonds is 4. The number of methoxy groups -OCH3 is 1. The van der Waals surface area contributed by atoms with E-state index in [1.807, 2.05) is 0 Å². The van der Waals surface area contributed by atoms with Crippen molar-refractivity contribution >= 4 is 17.5 Å². The Hall–Kier alpha value is -2.25. The molecule has 1 N–H and O–H groups in total. The number of ether oxygens (including phenoxy) is 1. The summed E-state index contributed by atoms with van der Waals surface area (Å²) in [6.45, 7) is 0. The monoisotopic (exact) mass is 249 g/mol. The average molecular weight is 249 g/mol. The lowest BCUT2D eigenvalue weighted by Gasteiger charge is -2.07. The number of carbonyl (C=O) groups excluding carboxylic acids is 1. The van der Waals surface area contributed by atoms with Crippen LogP contribution in [0.25, 0.3) is 0 Å². The first-order valence-electron chi connectivity index (χ1n) is 4.39. The summed E-state index contributed by atoms with van der Waals surface area (Å²) < 4.78 is 4.89. The molecule has 0 aromatic carbocycles. The molecule has 0 spiro atoms. The van der Waals surface area contributed by atoms with Crippen molar-refractivity contribution in [3.05, 3.63) is 27.7 Å². The Morgan fingerprint density at radius 3 is 2.82 bits per heavy atom. The second kappa shape index (κ2) is 5.73. The number of ketones is 1. The Bertz CT molecular complexity index is 580. The van der Waals surface area contributed by atoms with Gasteiger partial charge in [-0.25, -0.2) is 0 Å². The van der Waals surface area contributed by atoms with Gasteiger partial charge in [-0.15, -0.1) is 0 Å². The maximum Gasteiger partial charge on any atom is 0.269 e. The SMILES string of the molecule is COc1c(C(=O)CSC#N)c[nH]c(=O)c1C#N. The largest absolute Gasteiger partial charge is 0.494 e. The molecule has 0 unspecified atom stereocenters. The molecule has 0 bridgehead atoms. The lowest BCUT2D eigenvalue weighted by atomic mass is 10.1. The van der Waals surface area contributed by atoms with Gasteiger partial charge in [0.25, 0.3) is 5.56 Å². The Balaban J connectivity index is 3.27. The van der Waals surface area contributed by atoms with E-state index in [-0.39, 0.29) is 28.4 Å². The minimum absolute atomic E-state index is 0.0558. The lowest BCUT2D eigenvalue weighted by molar-refractivity contribution is 0.101. The summed E-state index contributed by atoms with van der Waals surface area (Å²) in [7, 11) is 1.27. The van der Waals surface area contributed by atoms with Crippen molar-refractivity contribution in [2.45, 2.75) is 0 Å². The minimum Gasteiger partial charge on any atom is -0.494 e. The molecule has 0 atom stereocenters. The average Bonchev–Trinajstić information content (AvgIpc) is 2.35. The van der Waals surface area contributed by atoms with Gasteiger partial charge in [0.1, 0.15) is 11.5 Å². The molecular formula is C10H7N3O3S. The summed E-state index contributed by atoms with van der Waals surface area (Å²) in [5.41, 5.74) is -0.777. The zero-order valence-electron chi connectivity index (χ0n) is 8.81. The quantitative estimate of drug-likeness (QED) is 0.620. The molecule has 0 saturated carbocycles. The zero-order valence-corrected chi connectivity index (χ0v) is 9.63. The molecule has 1 rings (SSSR count). The van der Waals surface area contributed by atoms with Crippen LogP contribution in [0.2, 0.25) is 0 Å². The number of pyridine rings is 1. The van der Waals surface area contributed by atoms with Gasteiger partial charge >= 0.3 is 0 Å². The predicted molar refractivity (Wildman–Crippen MR) is 60.7 cm³/mol. The molecule has 0 fully saturated rings. The fraction of sp³-hybridized carbons (Fsp3) is 0.200. The van der Waals surface area contributed by atoms with Gasteiger partial charge in [0.2, 0.25) is 0 Å². The number of nitrogens with zero attached hydrogens (tertiary/aromatic N) is 2. The number of thioether (sulfide) groups is 1. The van der Waals surface area contributed by atoms with E-state index in [1.165, 1.54) is 13.3 Å². The van der Waals surface area contributed by atoms with E-state index in [0.717, 1.165) is 11.8 Å². The Morgan fingerprint density at radius 1 is 1.59 bits per heavy atom. The fourth-order valence-corrected chi connectivity index (χ4v) is 1.56. The molecule has 6 nitrogen and oxygen atoms in total. The van der Waals surface area contributed by atoms with Crippen molar-refractivity contribution in [3.8, 4) is 17.2 Å². The number of Topliss-reactive ketones (excluding diaryl/α,β-unsaturated/α-hetero) is 1. The Labute approximate surface area is 101 Å². The molecule has 86 valence electrons. The molecule has 1 aromatic rings. The molecular weight excluding hydrogens is 242 g/mol. The second-order valence-electron chi connectivity index (χ2n) is 2.85. The van der Waals surface area contributed by atoms with E-state index in [0.29, 0.717) is 0 Å². The predicted octanol–water partition coefficient (Wildman–Crippen LogP) is 0.652. The van der Waals surface area contributed by atoms with E-state index in [4.69, 9.17) is 15.3 Å². The summed E-state index contributed by atoms with van der Waals surface area (Å²) in [4.78, 5) is 25.3. The first kappa shape index (κ1) is 12.8. The molecule has 0 amide bonds. The van der Waals surface area contributed by atoms with Gasteiger partial charge in [-0.05, 0) is 11.8 Å². The summed E-state index contributed by atoms with van der Waals surface area (Å²) in [5, 5.41) is 18.9. The molecule has 0 aliphatic rings. The molecule has 0 aliphatic heterocycles. The highest BCUT2D eigenvalue weighted by Crippen LogP contribution is 2.21. The van der Waals surface area contributed by atoms with Gasteiger partial charge in [0, 0.05) is 6.20 Å². The lowest BCUT2D eigenvalue weighted by Crippen LogP contribution is -2.16. The standard InChI is InChI=1S/C10H7N3O3S/c1-16-9-6(2-11)10(15)13-3-7(9)8(14)4-17-5-12/h3H,4H2,1H3,(H,13,15). The second-order valence-corrected chi connectivity index (χ2v) is 3.61. The summed E-state index contributed by atoms with van der Waals surface area (Å²) in [6.07, 6.45) is 1.18. The van der Waals surface area contributed by atoms with E-state index < -0.39 is 5.56 Å². The van der Waals surface area contributed by atoms with Gasteiger partial charge in [-0.1, -0.05) is 0 Å². The van der Waals surface area contributed by atoms with Gasteiger partial charge in [0.15, 0.2) is 17.1 Å². The van der Waals surface area contributed by atoms with E-state index in [9.17, 15) is 9.59 Å². The first-order chi connectivity index (χ1) is 8.15. The van der Waals surface area contributed by atoms with Crippen LogP contribution in [0.5, 0.6) is 5.75 Å². The summed E-state index contributed by atoms with van der Waals surface area (Å²) in [6, 6.07) is 1.67. The number of thiocyanates is 1. The maximum absolute atomic E-state index is 11.7. The molecule has 0 saturated heterocycles. The van der Waals surface area contributed by atoms with Gasteiger partial charge in [0.05, 0.1) is 18.4 Å². The smallest absolute Gasteiger partial charge is 0.269 e. The number of carbonyl (C=O) groups is 1. The van der Waals surface area contributed by atoms with Crippen molar-refractivity contribution in [1.82, 2.24) is 4.98 Å². The van der Waals surface area contributed by atoms with Crippen LogP contribution >= 0.6 is 11.8 Å². The number of hydrogen-bond acceptors (Lipinski definition) is 6. The van der Waals surface area contributed by atoms with Crippen molar-refractivity contribution < 1.29 is 9.53 Å². The van der Waals surface area contributed by atoms with Crippen LogP contribution in [0.1, 0.15) is 15.9 Å². The van der Waals surface area contributed by atoms with Crippen molar-refractivity contribution in [3.63, 3.8) is 0 Å². The van der Waals surface area contributed by atoms with Gasteiger partial charge in [-0.2, -0.15) is 10.5 Å². The number of hydrogen-bond donors (Lipinski definition) is 1. The third kappa shape index (κ3) is 2.65. The van der Waals surface area contributed by atoms with Crippen LogP contribution in [-0.2, 0) is 0 Å². The minimum atomic E-state index is -0.617. The van der Waals surface area contributed by atoms with Gasteiger partial charge < -0.3 is 9.72 Å². The number of H-pyrrole nitrogens is 1. The van der Waals surface area contributed by atoms with Crippen LogP contribution in [0.4, 0.5) is 0 Å². The van der Waals surface area contributed by atoms with Crippen LogP contribution < -0.4 is 10.3 Å². The van der Waals surface area contributed by atoms with E-state index >= 15 is 0 Å². The first-order valence-corrected chi connectivity index (χ1v) is 5.38. The third-order valence-corrected chi connectivity index (χ3v) is 2.47. The van der Waals surface area contributed by atoms with Crippen LogP contribution in [0, 0.1) is 22.0 Å². The molecule has 17 heavy (non-hydrogen) atoms. The molecule has 1 heterocycles.